The second-order valence-corrected chi connectivity index (χ2v) is 10.5. The van der Waals surface area contributed by atoms with Gasteiger partial charge < -0.3 is 19.9 Å². The molecule has 198 valence electrons. The van der Waals surface area contributed by atoms with Crippen LogP contribution in [0.4, 0.5) is 16.3 Å². The van der Waals surface area contributed by atoms with Crippen LogP contribution in [0, 0.1) is 18.3 Å². The number of amides is 2. The van der Waals surface area contributed by atoms with Gasteiger partial charge in [-0.2, -0.15) is 15.5 Å². The highest BCUT2D eigenvalue weighted by atomic mass is 16.5. The number of fused-ring (bicyclic) bond motifs is 2. The van der Waals surface area contributed by atoms with Crippen LogP contribution in [0.25, 0.3) is 11.1 Å². The number of anilines is 2. The van der Waals surface area contributed by atoms with Crippen LogP contribution in [0.5, 0.6) is 0 Å². The second-order valence-electron chi connectivity index (χ2n) is 10.5. The lowest BCUT2D eigenvalue weighted by Gasteiger charge is -2.33. The molecule has 0 unspecified atom stereocenters. The van der Waals surface area contributed by atoms with Gasteiger partial charge in [0.25, 0.3) is 0 Å². The van der Waals surface area contributed by atoms with E-state index in [0.717, 1.165) is 85.8 Å². The Kier molecular flexibility index (Phi) is 6.32. The van der Waals surface area contributed by atoms with Crippen molar-refractivity contribution in [2.75, 3.05) is 38.3 Å². The van der Waals surface area contributed by atoms with Gasteiger partial charge in [0.15, 0.2) is 5.82 Å². The maximum absolute atomic E-state index is 12.6. The zero-order valence-corrected chi connectivity index (χ0v) is 22.3. The molecule has 10 nitrogen and oxygen atoms in total. The number of benzene rings is 1. The molecule has 1 saturated heterocycles. The van der Waals surface area contributed by atoms with Crippen molar-refractivity contribution in [2.24, 2.45) is 7.05 Å². The number of hydrogen-bond donors (Lipinski definition) is 1. The molecule has 1 N–H and O–H groups in total. The van der Waals surface area contributed by atoms with Crippen LogP contribution >= 0.6 is 0 Å². The zero-order valence-electron chi connectivity index (χ0n) is 22.3. The van der Waals surface area contributed by atoms with Crippen LogP contribution < -0.4 is 10.2 Å². The number of nitriles is 1. The summed E-state index contributed by atoms with van der Waals surface area (Å²) < 4.78 is 9.65. The number of aromatic nitrogens is 4. The van der Waals surface area contributed by atoms with E-state index in [-0.39, 0.29) is 6.03 Å². The molecule has 0 bridgehead atoms. The Labute approximate surface area is 222 Å². The molecule has 2 aromatic heterocycles. The number of carbonyl (C=O) groups excluding carboxylic acids is 1. The molecule has 3 aliphatic heterocycles. The van der Waals surface area contributed by atoms with E-state index in [0.29, 0.717) is 24.7 Å². The van der Waals surface area contributed by atoms with Crippen molar-refractivity contribution in [1.29, 1.82) is 5.26 Å². The normalized spacial score (nSPS) is 17.6. The number of hydrogen-bond acceptors (Lipinski definition) is 6. The molecule has 0 radical (unpaired) electrons. The van der Waals surface area contributed by atoms with E-state index < -0.39 is 0 Å². The molecule has 3 aliphatic rings. The van der Waals surface area contributed by atoms with E-state index >= 15 is 0 Å². The van der Waals surface area contributed by atoms with E-state index in [1.54, 1.807) is 11.7 Å². The third-order valence-electron chi connectivity index (χ3n) is 8.12. The van der Waals surface area contributed by atoms with Gasteiger partial charge in [-0.15, -0.1) is 0 Å². The summed E-state index contributed by atoms with van der Waals surface area (Å²) in [5.41, 5.74) is 8.06. The van der Waals surface area contributed by atoms with E-state index in [4.69, 9.17) is 9.84 Å². The average molecular weight is 515 g/mol. The third-order valence-corrected chi connectivity index (χ3v) is 8.12. The number of nitrogens with zero attached hydrogens (tertiary/aromatic N) is 7. The summed E-state index contributed by atoms with van der Waals surface area (Å²) in [5, 5.41) is 22.7. The molecular weight excluding hydrogens is 480 g/mol. The highest BCUT2D eigenvalue weighted by Gasteiger charge is 2.34. The van der Waals surface area contributed by atoms with E-state index in [1.165, 1.54) is 11.3 Å². The number of urea groups is 1. The minimum Gasteiger partial charge on any atom is -0.381 e. The summed E-state index contributed by atoms with van der Waals surface area (Å²) in [6, 6.07) is 6.86. The van der Waals surface area contributed by atoms with Crippen molar-refractivity contribution in [3.8, 4) is 17.2 Å². The van der Waals surface area contributed by atoms with Gasteiger partial charge in [0.05, 0.1) is 29.9 Å². The number of ether oxygens (including phenoxy) is 1. The van der Waals surface area contributed by atoms with Crippen molar-refractivity contribution in [1.82, 2.24) is 29.8 Å². The fourth-order valence-electron chi connectivity index (χ4n) is 6.24. The van der Waals surface area contributed by atoms with Gasteiger partial charge in [-0.3, -0.25) is 9.36 Å². The molecule has 3 aromatic rings. The summed E-state index contributed by atoms with van der Waals surface area (Å²) in [4.78, 5) is 16.7. The fourth-order valence-corrected chi connectivity index (χ4v) is 6.24. The van der Waals surface area contributed by atoms with E-state index in [1.807, 2.05) is 31.1 Å². The van der Waals surface area contributed by atoms with E-state index in [2.05, 4.69) is 32.1 Å². The van der Waals surface area contributed by atoms with Crippen LogP contribution in [0.15, 0.2) is 18.3 Å². The molecule has 1 fully saturated rings. The second kappa shape index (κ2) is 9.80. The van der Waals surface area contributed by atoms with Gasteiger partial charge in [-0.05, 0) is 50.3 Å². The maximum Gasteiger partial charge on any atom is 0.317 e. The summed E-state index contributed by atoms with van der Waals surface area (Å²) in [6.45, 7) is 5.48. The van der Waals surface area contributed by atoms with Crippen molar-refractivity contribution >= 4 is 17.5 Å². The predicted octanol–water partition coefficient (Wildman–Crippen LogP) is 3.60. The van der Waals surface area contributed by atoms with Crippen LogP contribution in [0.3, 0.4) is 0 Å². The van der Waals surface area contributed by atoms with Crippen molar-refractivity contribution < 1.29 is 9.53 Å². The standard InChI is InChI=1S/C28H34N8O2/c1-18-23(16-33(3)31-18)22-13-19-5-4-9-35(26(19)14-20(22)15-29)27-24-17-34(28(37)30-2)10-6-25(24)36(32-27)21-7-11-38-12-8-21/h13-14,16,21H,4-12,17H2,1-3H3,(H,30,37). The molecule has 10 heteroatoms. The highest BCUT2D eigenvalue weighted by Crippen LogP contribution is 2.42. The number of rotatable bonds is 3. The smallest absolute Gasteiger partial charge is 0.317 e. The number of nitrogens with one attached hydrogen (secondary N) is 1. The Morgan fingerprint density at radius 2 is 1.97 bits per heavy atom. The summed E-state index contributed by atoms with van der Waals surface area (Å²) >= 11 is 0. The quantitative estimate of drug-likeness (QED) is 0.573. The van der Waals surface area contributed by atoms with Gasteiger partial charge in [0.2, 0.25) is 0 Å². The Hall–Kier alpha value is -3.84. The van der Waals surface area contributed by atoms with Crippen molar-refractivity contribution in [3.05, 3.63) is 46.4 Å². The van der Waals surface area contributed by atoms with Crippen LogP contribution in [0.1, 0.15) is 53.4 Å². The Morgan fingerprint density at radius 1 is 1.16 bits per heavy atom. The predicted molar refractivity (Wildman–Crippen MR) is 143 cm³/mol. The molecule has 0 aliphatic carbocycles. The lowest BCUT2D eigenvalue weighted by Crippen LogP contribution is -2.42. The molecular formula is C28H34N8O2. The highest BCUT2D eigenvalue weighted by molar-refractivity contribution is 5.80. The monoisotopic (exact) mass is 514 g/mol. The van der Waals surface area contributed by atoms with Gasteiger partial charge >= 0.3 is 6.03 Å². The van der Waals surface area contributed by atoms with Crippen LogP contribution in [-0.4, -0.2) is 63.8 Å². The van der Waals surface area contributed by atoms with Crippen LogP contribution in [0.2, 0.25) is 0 Å². The fraction of sp³-hybridized carbons (Fsp3) is 0.500. The largest absolute Gasteiger partial charge is 0.381 e. The Bertz CT molecular complexity index is 1430. The molecule has 6 rings (SSSR count). The minimum absolute atomic E-state index is 0.0669. The molecule has 0 saturated carbocycles. The first-order valence-corrected chi connectivity index (χ1v) is 13.5. The minimum atomic E-state index is -0.0669. The third kappa shape index (κ3) is 4.11. The number of aryl methyl sites for hydroxylation is 3. The first-order valence-electron chi connectivity index (χ1n) is 13.5. The van der Waals surface area contributed by atoms with Crippen molar-refractivity contribution in [2.45, 2.75) is 51.6 Å². The molecule has 2 amide bonds. The SMILES string of the molecule is CNC(=O)N1CCc2c(c(N3CCCc4cc(-c5cn(C)nc5C)c(C#N)cc43)nn2C2CCOCC2)C1. The molecule has 0 atom stereocenters. The summed E-state index contributed by atoms with van der Waals surface area (Å²) in [7, 11) is 3.58. The number of carbonyl (C=O) groups is 1. The van der Waals surface area contributed by atoms with Gasteiger partial charge in [-0.25, -0.2) is 4.79 Å². The summed E-state index contributed by atoms with van der Waals surface area (Å²) in [5.74, 6) is 0.912. The summed E-state index contributed by atoms with van der Waals surface area (Å²) in [6.07, 6.45) is 6.57. The molecule has 1 aromatic carbocycles. The molecule has 5 heterocycles. The first kappa shape index (κ1) is 24.5. The van der Waals surface area contributed by atoms with Gasteiger partial charge in [-0.1, -0.05) is 0 Å². The Balaban J connectivity index is 1.46. The lowest BCUT2D eigenvalue weighted by atomic mass is 9.92. The van der Waals surface area contributed by atoms with Gasteiger partial charge in [0, 0.05) is 81.1 Å². The maximum atomic E-state index is 12.6. The van der Waals surface area contributed by atoms with E-state index in [9.17, 15) is 10.1 Å². The first-order chi connectivity index (χ1) is 18.5. The molecule has 0 spiro atoms. The van der Waals surface area contributed by atoms with Gasteiger partial charge in [0.1, 0.15) is 0 Å². The van der Waals surface area contributed by atoms with Crippen molar-refractivity contribution in [3.63, 3.8) is 0 Å². The average Bonchev–Trinajstić information content (AvgIpc) is 3.50. The lowest BCUT2D eigenvalue weighted by molar-refractivity contribution is 0.0651. The topological polar surface area (TPSA) is 104 Å². The Morgan fingerprint density at radius 3 is 2.68 bits per heavy atom. The van der Waals surface area contributed by atoms with Crippen LogP contribution in [-0.2, 0) is 31.2 Å². The molecule has 38 heavy (non-hydrogen) atoms. The zero-order chi connectivity index (χ0) is 26.4.